The summed E-state index contributed by atoms with van der Waals surface area (Å²) in [6, 6.07) is 11.3. The second kappa shape index (κ2) is 8.82. The van der Waals surface area contributed by atoms with Crippen molar-refractivity contribution in [3.63, 3.8) is 0 Å². The summed E-state index contributed by atoms with van der Waals surface area (Å²) >= 11 is 7.68. The number of carbonyl (C=O) groups excluding carboxylic acids is 1. The number of aliphatic hydroxyl groups excluding tert-OH is 1. The number of likely N-dealkylation sites (tertiary alicyclic amines) is 1. The molecular formula is C21H25ClN2O3S. The van der Waals surface area contributed by atoms with E-state index in [0.717, 1.165) is 24.4 Å². The third-order valence-electron chi connectivity index (χ3n) is 5.65. The Hall–Kier alpha value is -1.60. The van der Waals surface area contributed by atoms with E-state index >= 15 is 0 Å². The SMILES string of the molecule is O=C(CN1C[C@H]2C[C@@H](Oc3cccc(Cl)c3)[C@H](O)C[C@H]2C1)NCc1cccs1. The molecular weight excluding hydrogens is 396 g/mol. The van der Waals surface area contributed by atoms with Crippen molar-refractivity contribution in [3.8, 4) is 5.75 Å². The monoisotopic (exact) mass is 420 g/mol. The van der Waals surface area contributed by atoms with Crippen molar-refractivity contribution in [2.24, 2.45) is 11.8 Å². The van der Waals surface area contributed by atoms with Gasteiger partial charge in [0.2, 0.25) is 5.91 Å². The number of halogens is 1. The second-order valence-electron chi connectivity index (χ2n) is 7.72. The molecule has 1 saturated heterocycles. The van der Waals surface area contributed by atoms with Crippen LogP contribution in [-0.4, -0.2) is 47.8 Å². The molecule has 1 aromatic carbocycles. The van der Waals surface area contributed by atoms with Crippen molar-refractivity contribution in [3.05, 3.63) is 51.7 Å². The van der Waals surface area contributed by atoms with Gasteiger partial charge >= 0.3 is 0 Å². The fourth-order valence-corrected chi connectivity index (χ4v) is 5.14. The van der Waals surface area contributed by atoms with Gasteiger partial charge in [0.1, 0.15) is 11.9 Å². The number of hydrogen-bond acceptors (Lipinski definition) is 5. The van der Waals surface area contributed by atoms with Crippen LogP contribution in [0.2, 0.25) is 5.02 Å². The van der Waals surface area contributed by atoms with Crippen LogP contribution in [0.4, 0.5) is 0 Å². The van der Waals surface area contributed by atoms with Gasteiger partial charge in [0.05, 0.1) is 19.2 Å². The first-order valence-corrected chi connectivity index (χ1v) is 10.9. The summed E-state index contributed by atoms with van der Waals surface area (Å²) in [4.78, 5) is 15.6. The molecule has 0 spiro atoms. The lowest BCUT2D eigenvalue weighted by atomic mass is 9.78. The number of amides is 1. The lowest BCUT2D eigenvalue weighted by Crippen LogP contribution is -2.42. The largest absolute Gasteiger partial charge is 0.488 e. The first kappa shape index (κ1) is 19.7. The smallest absolute Gasteiger partial charge is 0.234 e. The Labute approximate surface area is 174 Å². The number of nitrogens with zero attached hydrogens (tertiary/aromatic N) is 1. The minimum absolute atomic E-state index is 0.0549. The minimum Gasteiger partial charge on any atom is -0.488 e. The maximum Gasteiger partial charge on any atom is 0.234 e. The Balaban J connectivity index is 1.28. The van der Waals surface area contributed by atoms with Crippen LogP contribution in [0.3, 0.4) is 0 Å². The van der Waals surface area contributed by atoms with Gasteiger partial charge in [-0.05, 0) is 54.3 Å². The fourth-order valence-electron chi connectivity index (χ4n) is 4.32. The molecule has 1 aliphatic heterocycles. The Morgan fingerprint density at radius 1 is 1.25 bits per heavy atom. The van der Waals surface area contributed by atoms with E-state index in [2.05, 4.69) is 10.2 Å². The van der Waals surface area contributed by atoms with E-state index < -0.39 is 6.10 Å². The topological polar surface area (TPSA) is 61.8 Å². The van der Waals surface area contributed by atoms with Gasteiger partial charge in [-0.15, -0.1) is 11.3 Å². The predicted molar refractivity (Wildman–Crippen MR) is 111 cm³/mol. The van der Waals surface area contributed by atoms with E-state index in [4.69, 9.17) is 16.3 Å². The van der Waals surface area contributed by atoms with Crippen molar-refractivity contribution >= 4 is 28.8 Å². The van der Waals surface area contributed by atoms with E-state index in [1.54, 1.807) is 23.5 Å². The number of benzene rings is 1. The molecule has 2 aliphatic rings. The van der Waals surface area contributed by atoms with E-state index in [0.29, 0.717) is 42.1 Å². The molecule has 2 fully saturated rings. The molecule has 4 atom stereocenters. The first-order valence-electron chi connectivity index (χ1n) is 9.68. The number of rotatable bonds is 6. The van der Waals surface area contributed by atoms with Gasteiger partial charge in [0.25, 0.3) is 0 Å². The van der Waals surface area contributed by atoms with Gasteiger partial charge in [0, 0.05) is 23.0 Å². The molecule has 2 aromatic rings. The maximum absolute atomic E-state index is 12.3. The van der Waals surface area contributed by atoms with E-state index in [9.17, 15) is 9.90 Å². The van der Waals surface area contributed by atoms with Gasteiger partial charge in [0.15, 0.2) is 0 Å². The van der Waals surface area contributed by atoms with E-state index in [1.807, 2.05) is 29.6 Å². The minimum atomic E-state index is -0.493. The number of carbonyl (C=O) groups is 1. The molecule has 150 valence electrons. The van der Waals surface area contributed by atoms with Gasteiger partial charge < -0.3 is 15.2 Å². The molecule has 2 N–H and O–H groups in total. The number of fused-ring (bicyclic) bond motifs is 1. The number of aliphatic hydroxyl groups is 1. The maximum atomic E-state index is 12.3. The summed E-state index contributed by atoms with van der Waals surface area (Å²) in [5, 5.41) is 16.2. The molecule has 5 nitrogen and oxygen atoms in total. The van der Waals surface area contributed by atoms with Crippen molar-refractivity contribution in [1.82, 2.24) is 10.2 Å². The average molecular weight is 421 g/mol. The molecule has 0 unspecified atom stereocenters. The highest BCUT2D eigenvalue weighted by Gasteiger charge is 2.42. The molecule has 0 bridgehead atoms. The summed E-state index contributed by atoms with van der Waals surface area (Å²) in [5.41, 5.74) is 0. The average Bonchev–Trinajstić information content (AvgIpc) is 3.29. The van der Waals surface area contributed by atoms with Crippen LogP contribution in [0.25, 0.3) is 0 Å². The van der Waals surface area contributed by atoms with Crippen LogP contribution in [0, 0.1) is 11.8 Å². The summed E-state index contributed by atoms with van der Waals surface area (Å²) in [7, 11) is 0. The lowest BCUT2D eigenvalue weighted by molar-refractivity contribution is -0.122. The molecule has 2 heterocycles. The third-order valence-corrected chi connectivity index (χ3v) is 6.76. The van der Waals surface area contributed by atoms with Crippen LogP contribution in [-0.2, 0) is 11.3 Å². The predicted octanol–water partition coefficient (Wildman–Crippen LogP) is 3.17. The highest BCUT2D eigenvalue weighted by Crippen LogP contribution is 2.38. The molecule has 1 aliphatic carbocycles. The molecule has 0 radical (unpaired) electrons. The standard InChI is InChI=1S/C21H25ClN2O3S/c22-16-3-1-4-17(9-16)27-20-8-15-12-24(11-14(15)7-19(20)25)13-21(26)23-10-18-5-2-6-28-18/h1-6,9,14-15,19-20,25H,7-8,10-13H2,(H,23,26)/t14-,15+,19+,20+/m0/s1. The number of nitrogens with one attached hydrogen (secondary N) is 1. The Morgan fingerprint density at radius 2 is 2.07 bits per heavy atom. The Kier molecular flexibility index (Phi) is 6.21. The van der Waals surface area contributed by atoms with Gasteiger partial charge in [-0.25, -0.2) is 0 Å². The van der Waals surface area contributed by atoms with Crippen LogP contribution < -0.4 is 10.1 Å². The highest BCUT2D eigenvalue weighted by molar-refractivity contribution is 7.09. The van der Waals surface area contributed by atoms with Gasteiger partial charge in [-0.2, -0.15) is 0 Å². The van der Waals surface area contributed by atoms with Gasteiger partial charge in [-0.1, -0.05) is 23.7 Å². The number of thiophene rings is 1. The fraction of sp³-hybridized carbons (Fsp3) is 0.476. The lowest BCUT2D eigenvalue weighted by Gasteiger charge is -2.35. The zero-order chi connectivity index (χ0) is 19.5. The second-order valence-corrected chi connectivity index (χ2v) is 9.19. The highest BCUT2D eigenvalue weighted by atomic mass is 35.5. The molecule has 1 aromatic heterocycles. The summed E-state index contributed by atoms with van der Waals surface area (Å²) < 4.78 is 6.02. The van der Waals surface area contributed by atoms with Crippen molar-refractivity contribution in [2.75, 3.05) is 19.6 Å². The van der Waals surface area contributed by atoms with Crippen molar-refractivity contribution in [2.45, 2.75) is 31.6 Å². The van der Waals surface area contributed by atoms with E-state index in [-0.39, 0.29) is 12.0 Å². The van der Waals surface area contributed by atoms with Crippen molar-refractivity contribution in [1.29, 1.82) is 0 Å². The molecule has 4 rings (SSSR count). The normalized spacial score (nSPS) is 27.4. The number of ether oxygens (including phenoxy) is 1. The Bertz CT molecular complexity index is 801. The molecule has 1 saturated carbocycles. The third kappa shape index (κ3) is 4.87. The Morgan fingerprint density at radius 3 is 2.82 bits per heavy atom. The van der Waals surface area contributed by atoms with Gasteiger partial charge in [-0.3, -0.25) is 9.69 Å². The summed E-state index contributed by atoms with van der Waals surface area (Å²) in [6.45, 7) is 2.73. The van der Waals surface area contributed by atoms with Crippen LogP contribution in [0.5, 0.6) is 5.75 Å². The van der Waals surface area contributed by atoms with Crippen LogP contribution in [0.1, 0.15) is 17.7 Å². The molecule has 7 heteroatoms. The zero-order valence-corrected chi connectivity index (χ0v) is 17.2. The van der Waals surface area contributed by atoms with Crippen molar-refractivity contribution < 1.29 is 14.6 Å². The molecule has 28 heavy (non-hydrogen) atoms. The summed E-state index contributed by atoms with van der Waals surface area (Å²) in [6.07, 6.45) is 0.787. The number of hydrogen-bond donors (Lipinski definition) is 2. The van der Waals surface area contributed by atoms with E-state index in [1.165, 1.54) is 0 Å². The summed E-state index contributed by atoms with van der Waals surface area (Å²) in [5.74, 6) is 1.61. The van der Waals surface area contributed by atoms with Crippen LogP contribution in [0.15, 0.2) is 41.8 Å². The molecule has 1 amide bonds. The zero-order valence-electron chi connectivity index (χ0n) is 15.6. The van der Waals surface area contributed by atoms with Crippen LogP contribution >= 0.6 is 22.9 Å². The first-order chi connectivity index (χ1) is 13.6. The quantitative estimate of drug-likeness (QED) is 0.753.